The van der Waals surface area contributed by atoms with Crippen molar-refractivity contribution in [2.45, 2.75) is 58.4 Å². The molecule has 176 valence electrons. The van der Waals surface area contributed by atoms with Crippen molar-refractivity contribution in [3.63, 3.8) is 0 Å². The third-order valence-corrected chi connectivity index (χ3v) is 7.56. The molecule has 7 heteroatoms. The van der Waals surface area contributed by atoms with Gasteiger partial charge >= 0.3 is 0 Å². The fraction of sp³-hybridized carbons (Fsp3) is 0.407. The Morgan fingerprint density at radius 1 is 1.26 bits per heavy atom. The molecule has 0 saturated heterocycles. The van der Waals surface area contributed by atoms with Crippen LogP contribution in [-0.4, -0.2) is 31.7 Å². The summed E-state index contributed by atoms with van der Waals surface area (Å²) >= 11 is 0. The molecule has 1 amide bonds. The second-order valence-electron chi connectivity index (χ2n) is 9.73. The smallest absolute Gasteiger partial charge is 0.271 e. The number of rotatable bonds is 7. The number of nitrogens with zero attached hydrogens (tertiary/aromatic N) is 4. The number of nitrogens with one attached hydrogen (secondary N) is 1. The van der Waals surface area contributed by atoms with Gasteiger partial charge in [-0.15, -0.1) is 0 Å². The summed E-state index contributed by atoms with van der Waals surface area (Å²) in [6.45, 7) is 4.52. The minimum Gasteiger partial charge on any atom is -0.348 e. The third-order valence-electron chi connectivity index (χ3n) is 7.56. The number of benzene rings is 1. The number of hydrogen-bond acceptors (Lipinski definition) is 4. The van der Waals surface area contributed by atoms with Crippen molar-refractivity contribution in [3.8, 4) is 5.69 Å². The van der Waals surface area contributed by atoms with Crippen LogP contribution in [0.2, 0.25) is 0 Å². The topological polar surface area (TPSA) is 72.7 Å². The molecule has 6 nitrogen and oxygen atoms in total. The molecule has 0 aliphatic heterocycles. The molecule has 2 aromatic heterocycles. The normalized spacial score (nSPS) is 22.0. The van der Waals surface area contributed by atoms with Crippen molar-refractivity contribution in [2.75, 3.05) is 0 Å². The van der Waals surface area contributed by atoms with E-state index in [0.29, 0.717) is 11.6 Å². The molecule has 0 bridgehead atoms. The SMILES string of the molecule is CCCC(CC1CCC2=Cc3c(cnn3-c3ccc(F)cc3)CC21C)NC(=O)c1cnccn1. The molecule has 34 heavy (non-hydrogen) atoms. The highest BCUT2D eigenvalue weighted by Crippen LogP contribution is 2.54. The summed E-state index contributed by atoms with van der Waals surface area (Å²) in [4.78, 5) is 20.9. The Bertz CT molecular complexity index is 1200. The number of carbonyl (C=O) groups excluding carboxylic acids is 1. The highest BCUT2D eigenvalue weighted by atomic mass is 19.1. The highest BCUT2D eigenvalue weighted by Gasteiger charge is 2.46. The molecule has 5 rings (SSSR count). The van der Waals surface area contributed by atoms with Crippen molar-refractivity contribution in [1.82, 2.24) is 25.1 Å². The van der Waals surface area contributed by atoms with Crippen molar-refractivity contribution < 1.29 is 9.18 Å². The summed E-state index contributed by atoms with van der Waals surface area (Å²) in [6, 6.07) is 6.57. The predicted octanol–water partition coefficient (Wildman–Crippen LogP) is 5.15. The molecule has 3 atom stereocenters. The molecule has 3 aromatic rings. The maximum Gasteiger partial charge on any atom is 0.271 e. The number of allylic oxidation sites excluding steroid dienone is 1. The quantitative estimate of drug-likeness (QED) is 0.531. The maximum absolute atomic E-state index is 13.4. The van der Waals surface area contributed by atoms with Gasteiger partial charge in [-0.1, -0.05) is 25.8 Å². The van der Waals surface area contributed by atoms with Gasteiger partial charge in [0.05, 0.1) is 23.8 Å². The van der Waals surface area contributed by atoms with Crippen molar-refractivity contribution >= 4 is 12.0 Å². The standard InChI is InChI=1S/C27H30FN5O/c1-3-4-22(32-26(34)24-17-29-11-12-30-24)13-19-5-6-20-14-25-18(15-27(19,20)2)16-31-33(25)23-9-7-21(28)8-10-23/h7-12,14,16-17,19,22H,3-6,13,15H2,1-2H3,(H,32,34). The average Bonchev–Trinajstić information content (AvgIpc) is 3.38. The molecule has 2 heterocycles. The van der Waals surface area contributed by atoms with Gasteiger partial charge in [0.15, 0.2) is 0 Å². The minimum absolute atomic E-state index is 0.0485. The minimum atomic E-state index is -0.248. The lowest BCUT2D eigenvalue weighted by Crippen LogP contribution is -2.39. The largest absolute Gasteiger partial charge is 0.348 e. The number of hydrogen-bond donors (Lipinski definition) is 1. The second kappa shape index (κ2) is 9.12. The lowest BCUT2D eigenvalue weighted by atomic mass is 9.68. The summed E-state index contributed by atoms with van der Waals surface area (Å²) in [5.41, 5.74) is 5.04. The van der Waals surface area contributed by atoms with Crippen LogP contribution in [0.1, 0.15) is 67.7 Å². The molecule has 1 saturated carbocycles. The van der Waals surface area contributed by atoms with E-state index in [-0.39, 0.29) is 23.2 Å². The van der Waals surface area contributed by atoms with E-state index in [1.54, 1.807) is 24.5 Å². The molecule has 2 aliphatic rings. The summed E-state index contributed by atoms with van der Waals surface area (Å²) in [6.07, 6.45) is 14.8. The first-order valence-corrected chi connectivity index (χ1v) is 12.1. The first-order valence-electron chi connectivity index (χ1n) is 12.1. The molecule has 2 aliphatic carbocycles. The second-order valence-corrected chi connectivity index (χ2v) is 9.73. The van der Waals surface area contributed by atoms with Gasteiger partial charge in [0.2, 0.25) is 0 Å². The van der Waals surface area contributed by atoms with E-state index in [1.165, 1.54) is 29.5 Å². The van der Waals surface area contributed by atoms with Gasteiger partial charge in [-0.3, -0.25) is 9.78 Å². The lowest BCUT2D eigenvalue weighted by Gasteiger charge is -2.37. The van der Waals surface area contributed by atoms with E-state index in [9.17, 15) is 9.18 Å². The Balaban J connectivity index is 1.35. The molecule has 0 radical (unpaired) electrons. The van der Waals surface area contributed by atoms with Gasteiger partial charge in [0, 0.05) is 18.4 Å². The number of halogens is 1. The fourth-order valence-electron chi connectivity index (χ4n) is 5.72. The summed E-state index contributed by atoms with van der Waals surface area (Å²) in [5.74, 6) is 0.0686. The summed E-state index contributed by atoms with van der Waals surface area (Å²) < 4.78 is 15.3. The van der Waals surface area contributed by atoms with Crippen LogP contribution >= 0.6 is 0 Å². The highest BCUT2D eigenvalue weighted by molar-refractivity contribution is 5.92. The van der Waals surface area contributed by atoms with Gasteiger partial charge < -0.3 is 5.32 Å². The Morgan fingerprint density at radius 3 is 2.82 bits per heavy atom. The van der Waals surface area contributed by atoms with Gasteiger partial charge in [-0.25, -0.2) is 14.1 Å². The van der Waals surface area contributed by atoms with E-state index in [0.717, 1.165) is 49.9 Å². The lowest BCUT2D eigenvalue weighted by molar-refractivity contribution is 0.0915. The van der Waals surface area contributed by atoms with Crippen LogP contribution < -0.4 is 5.32 Å². The van der Waals surface area contributed by atoms with Crippen LogP contribution in [0.25, 0.3) is 11.8 Å². The van der Waals surface area contributed by atoms with Crippen LogP contribution in [0.4, 0.5) is 4.39 Å². The summed E-state index contributed by atoms with van der Waals surface area (Å²) in [7, 11) is 0. The number of fused-ring (bicyclic) bond motifs is 2. The van der Waals surface area contributed by atoms with E-state index in [1.807, 2.05) is 10.9 Å². The maximum atomic E-state index is 13.4. The van der Waals surface area contributed by atoms with Crippen LogP contribution in [0.3, 0.4) is 0 Å². The molecule has 0 spiro atoms. The van der Waals surface area contributed by atoms with Gasteiger partial charge in [-0.05, 0) is 79.3 Å². The molecule has 1 aromatic carbocycles. The number of aromatic nitrogens is 4. The zero-order valence-corrected chi connectivity index (χ0v) is 19.7. The number of carbonyl (C=O) groups is 1. The van der Waals surface area contributed by atoms with E-state index in [4.69, 9.17) is 0 Å². The van der Waals surface area contributed by atoms with Gasteiger partial charge in [0.25, 0.3) is 5.91 Å². The Kier molecular flexibility index (Phi) is 6.02. The monoisotopic (exact) mass is 459 g/mol. The van der Waals surface area contributed by atoms with Crippen LogP contribution in [-0.2, 0) is 6.42 Å². The van der Waals surface area contributed by atoms with E-state index < -0.39 is 0 Å². The van der Waals surface area contributed by atoms with Gasteiger partial charge in [-0.2, -0.15) is 5.10 Å². The first kappa shape index (κ1) is 22.4. The van der Waals surface area contributed by atoms with E-state index in [2.05, 4.69) is 40.3 Å². The Labute approximate surface area is 199 Å². The van der Waals surface area contributed by atoms with Crippen LogP contribution in [0.15, 0.2) is 54.6 Å². The first-order chi connectivity index (χ1) is 16.5. The van der Waals surface area contributed by atoms with Crippen molar-refractivity contribution in [3.05, 3.63) is 77.4 Å². The molecular weight excluding hydrogens is 429 g/mol. The van der Waals surface area contributed by atoms with Crippen LogP contribution in [0, 0.1) is 17.2 Å². The van der Waals surface area contributed by atoms with E-state index >= 15 is 0 Å². The van der Waals surface area contributed by atoms with Crippen molar-refractivity contribution in [1.29, 1.82) is 0 Å². The predicted molar refractivity (Wildman–Crippen MR) is 129 cm³/mol. The Hall–Kier alpha value is -3.35. The molecule has 1 N–H and O–H groups in total. The number of amides is 1. The van der Waals surface area contributed by atoms with Crippen LogP contribution in [0.5, 0.6) is 0 Å². The average molecular weight is 460 g/mol. The van der Waals surface area contributed by atoms with Crippen molar-refractivity contribution in [2.24, 2.45) is 11.3 Å². The zero-order chi connectivity index (χ0) is 23.7. The Morgan fingerprint density at radius 2 is 2.09 bits per heavy atom. The summed E-state index contributed by atoms with van der Waals surface area (Å²) in [5, 5.41) is 7.84. The van der Waals surface area contributed by atoms with Gasteiger partial charge in [0.1, 0.15) is 11.5 Å². The third kappa shape index (κ3) is 4.15. The molecule has 1 fully saturated rings. The zero-order valence-electron chi connectivity index (χ0n) is 19.7. The molecular formula is C27H30FN5O. The fourth-order valence-corrected chi connectivity index (χ4v) is 5.72. The molecule has 3 unspecified atom stereocenters.